The highest BCUT2D eigenvalue weighted by Gasteiger charge is 2.28. The molecule has 1 aromatic carbocycles. The Morgan fingerprint density at radius 2 is 1.68 bits per heavy atom. The van der Waals surface area contributed by atoms with Gasteiger partial charge in [0.1, 0.15) is 6.04 Å². The van der Waals surface area contributed by atoms with Crippen LogP contribution in [0.3, 0.4) is 0 Å². The summed E-state index contributed by atoms with van der Waals surface area (Å²) in [6.45, 7) is 5.35. The largest absolute Gasteiger partial charge is 0.357 e. The van der Waals surface area contributed by atoms with Crippen molar-refractivity contribution in [3.63, 3.8) is 0 Å². The Morgan fingerprint density at radius 3 is 2.05 bits per heavy atom. The highest BCUT2D eigenvalue weighted by molar-refractivity contribution is 7.92. The molecule has 6 heteroatoms. The molecule has 1 aromatic rings. The number of likely N-dealkylation sites (N-methyl/N-ethyl adjacent to an activating group) is 1. The standard InChI is InChI=1S/C13H20N2O3S/c1-9-6-10(2)8-12(7-9)15(19(5,17)18)11(3)13(16)14-4/h6-8,11H,1-5H3,(H,14,16)/t11-/m0/s1. The number of carbonyl (C=O) groups excluding carboxylic acids is 1. The van der Waals surface area contributed by atoms with Crippen LogP contribution in [-0.4, -0.2) is 33.7 Å². The number of hydrogen-bond donors (Lipinski definition) is 1. The zero-order valence-electron chi connectivity index (χ0n) is 11.9. The average molecular weight is 284 g/mol. The SMILES string of the molecule is CNC(=O)[C@H](C)N(c1cc(C)cc(C)c1)S(C)(=O)=O. The predicted octanol–water partition coefficient (Wildman–Crippen LogP) is 1.20. The van der Waals surface area contributed by atoms with Crippen LogP contribution in [-0.2, 0) is 14.8 Å². The van der Waals surface area contributed by atoms with Crippen molar-refractivity contribution in [2.75, 3.05) is 17.6 Å². The third kappa shape index (κ3) is 3.70. The number of benzene rings is 1. The van der Waals surface area contributed by atoms with Crippen molar-refractivity contribution in [3.8, 4) is 0 Å². The lowest BCUT2D eigenvalue weighted by atomic mass is 10.1. The van der Waals surface area contributed by atoms with Crippen molar-refractivity contribution in [1.82, 2.24) is 5.32 Å². The summed E-state index contributed by atoms with van der Waals surface area (Å²) in [7, 11) is -2.05. The summed E-state index contributed by atoms with van der Waals surface area (Å²) in [6.07, 6.45) is 1.10. The van der Waals surface area contributed by atoms with Gasteiger partial charge in [-0.25, -0.2) is 8.42 Å². The second-order valence-electron chi connectivity index (χ2n) is 4.69. The molecule has 0 heterocycles. The van der Waals surface area contributed by atoms with E-state index in [1.165, 1.54) is 7.05 Å². The van der Waals surface area contributed by atoms with Gasteiger partial charge in [-0.15, -0.1) is 0 Å². The molecule has 5 nitrogen and oxygen atoms in total. The van der Waals surface area contributed by atoms with Crippen LogP contribution in [0.15, 0.2) is 18.2 Å². The normalized spacial score (nSPS) is 12.9. The minimum absolute atomic E-state index is 0.343. The Kier molecular flexibility index (Phi) is 4.57. The monoisotopic (exact) mass is 284 g/mol. The van der Waals surface area contributed by atoms with Gasteiger partial charge in [-0.05, 0) is 44.0 Å². The molecule has 0 fully saturated rings. The Morgan fingerprint density at radius 1 is 1.21 bits per heavy atom. The molecule has 1 atom stereocenters. The molecular formula is C13H20N2O3S. The Labute approximate surface area is 114 Å². The number of carbonyl (C=O) groups is 1. The Hall–Kier alpha value is -1.56. The van der Waals surface area contributed by atoms with Crippen LogP contribution < -0.4 is 9.62 Å². The molecule has 19 heavy (non-hydrogen) atoms. The molecule has 1 N–H and O–H groups in total. The molecular weight excluding hydrogens is 264 g/mol. The Balaban J connectivity index is 3.37. The zero-order chi connectivity index (χ0) is 14.8. The van der Waals surface area contributed by atoms with Gasteiger partial charge in [-0.2, -0.15) is 0 Å². The second-order valence-corrected chi connectivity index (χ2v) is 6.55. The molecule has 0 saturated heterocycles. The van der Waals surface area contributed by atoms with E-state index < -0.39 is 16.1 Å². The number of amides is 1. The van der Waals surface area contributed by atoms with Crippen LogP contribution in [0.4, 0.5) is 5.69 Å². The minimum Gasteiger partial charge on any atom is -0.357 e. The van der Waals surface area contributed by atoms with E-state index in [1.807, 2.05) is 19.9 Å². The van der Waals surface area contributed by atoms with E-state index in [9.17, 15) is 13.2 Å². The number of anilines is 1. The summed E-state index contributed by atoms with van der Waals surface area (Å²) in [6, 6.07) is 4.68. The molecule has 0 bridgehead atoms. The van der Waals surface area contributed by atoms with Crippen molar-refractivity contribution in [3.05, 3.63) is 29.3 Å². The minimum atomic E-state index is -3.53. The lowest BCUT2D eigenvalue weighted by molar-refractivity contribution is -0.121. The van der Waals surface area contributed by atoms with Crippen LogP contribution in [0.2, 0.25) is 0 Å². The van der Waals surface area contributed by atoms with Crippen LogP contribution in [0.5, 0.6) is 0 Å². The summed E-state index contributed by atoms with van der Waals surface area (Å²) in [5, 5.41) is 2.47. The van der Waals surface area contributed by atoms with Crippen LogP contribution in [0.25, 0.3) is 0 Å². The third-order valence-electron chi connectivity index (χ3n) is 2.80. The fraction of sp³-hybridized carbons (Fsp3) is 0.462. The van der Waals surface area contributed by atoms with Crippen molar-refractivity contribution in [2.24, 2.45) is 0 Å². The van der Waals surface area contributed by atoms with Gasteiger partial charge in [0.25, 0.3) is 0 Å². The molecule has 0 unspecified atom stereocenters. The number of aryl methyl sites for hydroxylation is 2. The number of rotatable bonds is 4. The van der Waals surface area contributed by atoms with E-state index >= 15 is 0 Å². The first-order valence-corrected chi connectivity index (χ1v) is 7.81. The number of sulfonamides is 1. The molecule has 0 saturated carbocycles. The Bertz CT molecular complexity index is 561. The summed E-state index contributed by atoms with van der Waals surface area (Å²) >= 11 is 0. The molecule has 1 rings (SSSR count). The number of nitrogens with zero attached hydrogens (tertiary/aromatic N) is 1. The van der Waals surface area contributed by atoms with Gasteiger partial charge in [0, 0.05) is 7.05 Å². The lowest BCUT2D eigenvalue weighted by Gasteiger charge is -2.28. The summed E-state index contributed by atoms with van der Waals surface area (Å²) in [5.41, 5.74) is 2.41. The van der Waals surface area contributed by atoms with Gasteiger partial charge < -0.3 is 5.32 Å². The molecule has 0 aromatic heterocycles. The summed E-state index contributed by atoms with van der Waals surface area (Å²) in [5.74, 6) is -0.343. The molecule has 0 spiro atoms. The van der Waals surface area contributed by atoms with Crippen molar-refractivity contribution in [2.45, 2.75) is 26.8 Å². The van der Waals surface area contributed by atoms with E-state index in [4.69, 9.17) is 0 Å². The van der Waals surface area contributed by atoms with Crippen molar-refractivity contribution < 1.29 is 13.2 Å². The fourth-order valence-corrected chi connectivity index (χ4v) is 3.25. The van der Waals surface area contributed by atoms with E-state index in [0.717, 1.165) is 21.7 Å². The fourth-order valence-electron chi connectivity index (χ4n) is 2.10. The quantitative estimate of drug-likeness (QED) is 0.903. The maximum Gasteiger partial charge on any atom is 0.243 e. The van der Waals surface area contributed by atoms with Crippen molar-refractivity contribution in [1.29, 1.82) is 0 Å². The second kappa shape index (κ2) is 5.61. The van der Waals surface area contributed by atoms with E-state index in [2.05, 4.69) is 5.32 Å². The number of hydrogen-bond acceptors (Lipinski definition) is 3. The average Bonchev–Trinajstić information content (AvgIpc) is 2.24. The molecule has 1 amide bonds. The van der Waals surface area contributed by atoms with E-state index in [1.54, 1.807) is 19.1 Å². The summed E-state index contributed by atoms with van der Waals surface area (Å²) in [4.78, 5) is 11.7. The zero-order valence-corrected chi connectivity index (χ0v) is 12.7. The highest BCUT2D eigenvalue weighted by Crippen LogP contribution is 2.23. The first-order valence-electron chi connectivity index (χ1n) is 5.96. The molecule has 106 valence electrons. The molecule has 0 aliphatic heterocycles. The van der Waals surface area contributed by atoms with Gasteiger partial charge in [-0.3, -0.25) is 9.10 Å². The third-order valence-corrected chi connectivity index (χ3v) is 4.04. The topological polar surface area (TPSA) is 66.5 Å². The maximum atomic E-state index is 12.0. The molecule has 0 radical (unpaired) electrons. The van der Waals surface area contributed by atoms with Crippen LogP contribution in [0.1, 0.15) is 18.1 Å². The summed E-state index contributed by atoms with van der Waals surface area (Å²) < 4.78 is 25.1. The van der Waals surface area contributed by atoms with Gasteiger partial charge in [0.05, 0.1) is 11.9 Å². The highest BCUT2D eigenvalue weighted by atomic mass is 32.2. The lowest BCUT2D eigenvalue weighted by Crippen LogP contribution is -2.47. The first-order chi connectivity index (χ1) is 8.66. The van der Waals surface area contributed by atoms with Gasteiger partial charge in [-0.1, -0.05) is 6.07 Å². The number of nitrogens with one attached hydrogen (secondary N) is 1. The van der Waals surface area contributed by atoms with Gasteiger partial charge >= 0.3 is 0 Å². The van der Waals surface area contributed by atoms with E-state index in [-0.39, 0.29) is 5.91 Å². The van der Waals surface area contributed by atoms with Crippen LogP contribution >= 0.6 is 0 Å². The van der Waals surface area contributed by atoms with Crippen molar-refractivity contribution >= 4 is 21.6 Å². The van der Waals surface area contributed by atoms with Crippen LogP contribution in [0, 0.1) is 13.8 Å². The van der Waals surface area contributed by atoms with E-state index in [0.29, 0.717) is 5.69 Å². The maximum absolute atomic E-state index is 12.0. The van der Waals surface area contributed by atoms with Gasteiger partial charge in [0.2, 0.25) is 15.9 Å². The first kappa shape index (κ1) is 15.5. The molecule has 0 aliphatic rings. The van der Waals surface area contributed by atoms with Gasteiger partial charge in [0.15, 0.2) is 0 Å². The predicted molar refractivity (Wildman–Crippen MR) is 76.8 cm³/mol. The molecule has 0 aliphatic carbocycles. The smallest absolute Gasteiger partial charge is 0.243 e.